The van der Waals surface area contributed by atoms with Gasteiger partial charge in [0.1, 0.15) is 0 Å². The Kier molecular flexibility index (Phi) is 10.8. The summed E-state index contributed by atoms with van der Waals surface area (Å²) in [7, 11) is 0. The fraction of sp³-hybridized carbons (Fsp3) is 0.552. The predicted octanol–water partition coefficient (Wildman–Crippen LogP) is 9.49. The van der Waals surface area contributed by atoms with Crippen LogP contribution in [0, 0.1) is 58.4 Å². The van der Waals surface area contributed by atoms with E-state index in [0.29, 0.717) is 31.6 Å². The third-order valence-electron chi connectivity index (χ3n) is 7.53. The van der Waals surface area contributed by atoms with Gasteiger partial charge in [-0.05, 0) is 38.0 Å². The molecule has 2 aromatic carbocycles. The third-order valence-corrected chi connectivity index (χ3v) is 7.53. The minimum absolute atomic E-state index is 0.365. The number of benzene rings is 2. The van der Waals surface area contributed by atoms with Gasteiger partial charge in [-0.2, -0.15) is 8.78 Å². The Morgan fingerprint density at radius 2 is 1.10 bits per heavy atom. The van der Waals surface area contributed by atoms with Gasteiger partial charge in [0.2, 0.25) is 17.4 Å². The molecule has 2 aromatic rings. The normalized spacial score (nSPS) is 17.5. The zero-order chi connectivity index (χ0) is 28.9. The summed E-state index contributed by atoms with van der Waals surface area (Å²) in [5, 5.41) is 0. The van der Waals surface area contributed by atoms with Gasteiger partial charge in [0.15, 0.2) is 34.9 Å². The molecule has 2 nitrogen and oxygen atoms in total. The molecule has 0 bridgehead atoms. The van der Waals surface area contributed by atoms with E-state index in [1.54, 1.807) is 0 Å². The lowest BCUT2D eigenvalue weighted by Gasteiger charge is -2.27. The monoisotopic (exact) mass is 564 g/mol. The first-order valence-electron chi connectivity index (χ1n) is 13.5. The molecule has 1 aliphatic rings. The number of esters is 1. The van der Waals surface area contributed by atoms with E-state index in [4.69, 9.17) is 0 Å². The second kappa shape index (κ2) is 13.6. The molecular formula is C29H32F8O2. The Bertz CT molecular complexity index is 1130. The molecule has 216 valence electrons. The number of carbonyl (C=O) groups excluding carboxylic acids is 1. The molecule has 0 amide bonds. The lowest BCUT2D eigenvalue weighted by molar-refractivity contribution is -0.140. The maximum Gasteiger partial charge on any atom is 0.314 e. The van der Waals surface area contributed by atoms with E-state index in [1.165, 1.54) is 32.6 Å². The summed E-state index contributed by atoms with van der Waals surface area (Å²) in [6.45, 7) is 3.32. The molecule has 0 radical (unpaired) electrons. The van der Waals surface area contributed by atoms with Crippen molar-refractivity contribution in [2.75, 3.05) is 0 Å². The molecule has 1 saturated carbocycles. The van der Waals surface area contributed by atoms with Gasteiger partial charge in [0, 0.05) is 5.56 Å². The largest absolute Gasteiger partial charge is 0.420 e. The highest BCUT2D eigenvalue weighted by atomic mass is 19.2. The topological polar surface area (TPSA) is 26.3 Å². The van der Waals surface area contributed by atoms with Gasteiger partial charge < -0.3 is 4.74 Å². The number of hydrogen-bond donors (Lipinski definition) is 0. The molecule has 0 aliphatic heterocycles. The molecule has 0 aromatic heterocycles. The van der Waals surface area contributed by atoms with Gasteiger partial charge in [0.05, 0.1) is 17.0 Å². The number of halogens is 8. The number of unbranched alkanes of at least 4 members (excludes halogenated alkanes) is 5. The van der Waals surface area contributed by atoms with Crippen molar-refractivity contribution in [3.05, 3.63) is 52.1 Å². The fourth-order valence-electron chi connectivity index (χ4n) is 5.21. The maximum absolute atomic E-state index is 14.8. The van der Waals surface area contributed by atoms with Gasteiger partial charge in [-0.1, -0.05) is 58.8 Å². The van der Waals surface area contributed by atoms with Gasteiger partial charge >= 0.3 is 5.97 Å². The first kappa shape index (κ1) is 30.9. The smallest absolute Gasteiger partial charge is 0.314 e. The summed E-state index contributed by atoms with van der Waals surface area (Å²) in [5.74, 6) is -20.7. The van der Waals surface area contributed by atoms with Gasteiger partial charge in [-0.15, -0.1) is 0 Å². The highest BCUT2D eigenvalue weighted by molar-refractivity contribution is 5.76. The molecule has 0 atom stereocenters. The molecule has 0 spiro atoms. The molecule has 1 fully saturated rings. The Morgan fingerprint density at radius 1 is 0.641 bits per heavy atom. The van der Waals surface area contributed by atoms with E-state index in [1.807, 2.05) is 0 Å². The van der Waals surface area contributed by atoms with E-state index in [-0.39, 0.29) is 0 Å². The molecule has 10 heteroatoms. The third kappa shape index (κ3) is 6.57. The zero-order valence-electron chi connectivity index (χ0n) is 22.0. The summed E-state index contributed by atoms with van der Waals surface area (Å²) in [6.07, 6.45) is 9.55. The summed E-state index contributed by atoms with van der Waals surface area (Å²) in [5.41, 5.74) is -4.98. The maximum atomic E-state index is 14.8. The first-order valence-corrected chi connectivity index (χ1v) is 13.5. The van der Waals surface area contributed by atoms with Gasteiger partial charge in [0.25, 0.3) is 0 Å². The Balaban J connectivity index is 1.75. The SMILES string of the molecule is CCCCCCCC[C@H]1CC[C@H](C(=O)Oc2c(F)c(F)c(-c3c(F)c(F)c(CC)c(F)c3F)c(F)c2F)CC1. The summed E-state index contributed by atoms with van der Waals surface area (Å²) >= 11 is 0. The van der Waals surface area contributed by atoms with Crippen molar-refractivity contribution in [3.8, 4) is 16.9 Å². The molecule has 1 aliphatic carbocycles. The van der Waals surface area contributed by atoms with Crippen LogP contribution >= 0.6 is 0 Å². The summed E-state index contributed by atoms with van der Waals surface area (Å²) in [4.78, 5) is 12.6. The number of hydrogen-bond acceptors (Lipinski definition) is 2. The van der Waals surface area contributed by atoms with Crippen LogP contribution in [0.3, 0.4) is 0 Å². The number of carbonyl (C=O) groups is 1. The molecule has 0 N–H and O–H groups in total. The van der Waals surface area contributed by atoms with Crippen molar-refractivity contribution < 1.29 is 44.7 Å². The highest BCUT2D eigenvalue weighted by Gasteiger charge is 2.36. The molecule has 3 rings (SSSR count). The average molecular weight is 565 g/mol. The Labute approximate surface area is 222 Å². The van der Waals surface area contributed by atoms with Crippen molar-refractivity contribution in [1.82, 2.24) is 0 Å². The van der Waals surface area contributed by atoms with Crippen LogP contribution in [0.5, 0.6) is 5.75 Å². The molecule has 39 heavy (non-hydrogen) atoms. The van der Waals surface area contributed by atoms with E-state index in [2.05, 4.69) is 11.7 Å². The van der Waals surface area contributed by atoms with E-state index in [0.717, 1.165) is 19.3 Å². The van der Waals surface area contributed by atoms with Crippen molar-refractivity contribution in [2.45, 2.75) is 90.9 Å². The quantitative estimate of drug-likeness (QED) is 0.0893. The van der Waals surface area contributed by atoms with Crippen LogP contribution < -0.4 is 4.74 Å². The second-order valence-corrected chi connectivity index (χ2v) is 10.1. The Morgan fingerprint density at radius 3 is 1.59 bits per heavy atom. The van der Waals surface area contributed by atoms with Crippen molar-refractivity contribution in [3.63, 3.8) is 0 Å². The first-order chi connectivity index (χ1) is 18.5. The second-order valence-electron chi connectivity index (χ2n) is 10.1. The zero-order valence-corrected chi connectivity index (χ0v) is 22.0. The van der Waals surface area contributed by atoms with Gasteiger partial charge in [-0.3, -0.25) is 4.79 Å². The Hall–Kier alpha value is -2.65. The number of rotatable bonds is 11. The average Bonchev–Trinajstić information content (AvgIpc) is 2.93. The van der Waals surface area contributed by atoms with Crippen molar-refractivity contribution in [2.24, 2.45) is 11.8 Å². The lowest BCUT2D eigenvalue weighted by Crippen LogP contribution is -2.26. The van der Waals surface area contributed by atoms with Crippen LogP contribution in [0.25, 0.3) is 11.1 Å². The lowest BCUT2D eigenvalue weighted by atomic mass is 9.79. The molecular weight excluding hydrogens is 532 g/mol. The van der Waals surface area contributed by atoms with Gasteiger partial charge in [-0.25, -0.2) is 26.3 Å². The van der Waals surface area contributed by atoms with Crippen LogP contribution in [0.1, 0.15) is 90.0 Å². The van der Waals surface area contributed by atoms with Crippen LogP contribution in [0.4, 0.5) is 35.1 Å². The van der Waals surface area contributed by atoms with E-state index in [9.17, 15) is 39.9 Å². The summed E-state index contributed by atoms with van der Waals surface area (Å²) in [6, 6.07) is 0. The van der Waals surface area contributed by atoms with Crippen molar-refractivity contribution >= 4 is 5.97 Å². The minimum Gasteiger partial charge on any atom is -0.420 e. The van der Waals surface area contributed by atoms with E-state index >= 15 is 0 Å². The highest BCUT2D eigenvalue weighted by Crippen LogP contribution is 2.41. The molecule has 0 saturated heterocycles. The minimum atomic E-state index is -2.36. The van der Waals surface area contributed by atoms with Crippen LogP contribution in [-0.2, 0) is 11.2 Å². The fourth-order valence-corrected chi connectivity index (χ4v) is 5.21. The molecule has 0 unspecified atom stereocenters. The van der Waals surface area contributed by atoms with Crippen molar-refractivity contribution in [1.29, 1.82) is 0 Å². The summed E-state index contributed by atoms with van der Waals surface area (Å²) < 4.78 is 121. The standard InChI is InChI=1S/C29H32F8O2/c1-3-5-6-7-8-9-10-15-11-13-16(14-12-15)29(38)39-28-26(36)24(34)19(25(35)27(28)37)18-22(32)20(30)17(4-2)21(31)23(18)33/h15-16H,3-14H2,1-2H3/t15-,16-. The van der Waals surface area contributed by atoms with Crippen LogP contribution in [-0.4, -0.2) is 5.97 Å². The van der Waals surface area contributed by atoms with Crippen LogP contribution in [0.15, 0.2) is 0 Å². The van der Waals surface area contributed by atoms with E-state index < -0.39 is 87.3 Å². The van der Waals surface area contributed by atoms with Crippen LogP contribution in [0.2, 0.25) is 0 Å². The molecule has 0 heterocycles. The predicted molar refractivity (Wildman–Crippen MR) is 130 cm³/mol. The number of ether oxygens (including phenoxy) is 1.